The van der Waals surface area contributed by atoms with E-state index in [1.165, 1.54) is 39.5 Å². The van der Waals surface area contributed by atoms with Crippen molar-refractivity contribution in [3.63, 3.8) is 0 Å². The van der Waals surface area contributed by atoms with Gasteiger partial charge in [0.1, 0.15) is 11.6 Å². The monoisotopic (exact) mass is 608 g/mol. The van der Waals surface area contributed by atoms with Gasteiger partial charge in [0.25, 0.3) is 0 Å². The molecule has 2 heterocycles. The molecule has 0 aliphatic heterocycles. The minimum Gasteiger partial charge on any atom is -0.481 e. The first-order valence-electron chi connectivity index (χ1n) is 13.4. The van der Waals surface area contributed by atoms with Crippen molar-refractivity contribution in [2.75, 3.05) is 21.3 Å². The molecule has 0 radical (unpaired) electrons. The Morgan fingerprint density at radius 3 is 1.52 bits per heavy atom. The van der Waals surface area contributed by atoms with Crippen LogP contribution in [0.15, 0.2) is 60.9 Å². The van der Waals surface area contributed by atoms with E-state index in [0.29, 0.717) is 27.8 Å². The zero-order valence-corrected chi connectivity index (χ0v) is 25.3. The minimum absolute atomic E-state index is 0.127. The summed E-state index contributed by atoms with van der Waals surface area (Å²) >= 11 is 0. The van der Waals surface area contributed by atoms with Crippen LogP contribution in [0.3, 0.4) is 0 Å². The molecule has 0 bridgehead atoms. The van der Waals surface area contributed by atoms with Crippen LogP contribution in [0, 0.1) is 17.0 Å². The molecule has 44 heavy (non-hydrogen) atoms. The Hall–Kier alpha value is -4.74. The number of aromatic nitrogens is 2. The summed E-state index contributed by atoms with van der Waals surface area (Å²) in [6.07, 6.45) is 2.09. The first-order valence-corrected chi connectivity index (χ1v) is 13.4. The molecular formula is C33H34F2N2O7. The van der Waals surface area contributed by atoms with Crippen molar-refractivity contribution in [3.05, 3.63) is 94.8 Å². The molecule has 2 aromatic carbocycles. The highest BCUT2D eigenvalue weighted by molar-refractivity contribution is 6.05. The molecule has 4 rings (SSSR count). The summed E-state index contributed by atoms with van der Waals surface area (Å²) < 4.78 is 43.0. The molecule has 0 spiro atoms. The maximum atomic E-state index is 14.2. The number of aliphatic hydroxyl groups excluding tert-OH is 2. The van der Waals surface area contributed by atoms with Crippen LogP contribution in [-0.2, 0) is 18.0 Å². The number of Topliss-reactive ketones (excluding diaryl/α,β-unsaturated/α-hetero) is 1. The lowest BCUT2D eigenvalue weighted by Crippen LogP contribution is -2.21. The maximum absolute atomic E-state index is 14.2. The number of nitrogens with zero attached hydrogens (tertiary/aromatic N) is 2. The smallest absolute Gasteiger partial charge is 0.338 e. The van der Waals surface area contributed by atoms with Gasteiger partial charge in [0, 0.05) is 34.2 Å². The molecule has 4 aromatic rings. The normalized spacial score (nSPS) is 10.9. The Bertz CT molecular complexity index is 1650. The van der Waals surface area contributed by atoms with Gasteiger partial charge in [-0.05, 0) is 34.4 Å². The van der Waals surface area contributed by atoms with E-state index in [2.05, 4.69) is 9.97 Å². The SMILES string of the molecule is COC(=O)c1cc(CO)ccc1-c1cc(OC)ncc1F.COc1cc(-c2ccc(CO)cc2C(=O)C(C)(C)C)c(F)cn1. The van der Waals surface area contributed by atoms with Gasteiger partial charge in [0.2, 0.25) is 11.8 Å². The molecule has 2 N–H and O–H groups in total. The van der Waals surface area contributed by atoms with Gasteiger partial charge in [-0.1, -0.05) is 45.0 Å². The van der Waals surface area contributed by atoms with Gasteiger partial charge in [0.15, 0.2) is 5.78 Å². The van der Waals surface area contributed by atoms with Crippen molar-refractivity contribution >= 4 is 11.8 Å². The van der Waals surface area contributed by atoms with E-state index in [4.69, 9.17) is 19.3 Å². The van der Waals surface area contributed by atoms with E-state index >= 15 is 0 Å². The van der Waals surface area contributed by atoms with Gasteiger partial charge in [0.05, 0.1) is 52.5 Å². The van der Waals surface area contributed by atoms with Crippen LogP contribution in [0.5, 0.6) is 11.8 Å². The van der Waals surface area contributed by atoms with Crippen molar-refractivity contribution in [1.82, 2.24) is 9.97 Å². The van der Waals surface area contributed by atoms with Crippen LogP contribution in [0.2, 0.25) is 0 Å². The zero-order valence-electron chi connectivity index (χ0n) is 25.3. The second-order valence-corrected chi connectivity index (χ2v) is 10.6. The van der Waals surface area contributed by atoms with Crippen molar-refractivity contribution < 1.29 is 42.8 Å². The number of benzene rings is 2. The number of ether oxygens (including phenoxy) is 3. The Labute approximate surface area is 254 Å². The fourth-order valence-electron chi connectivity index (χ4n) is 4.20. The molecule has 0 atom stereocenters. The van der Waals surface area contributed by atoms with Gasteiger partial charge in [-0.2, -0.15) is 0 Å². The summed E-state index contributed by atoms with van der Waals surface area (Å²) in [7, 11) is 4.10. The summed E-state index contributed by atoms with van der Waals surface area (Å²) in [5.41, 5.74) is 2.25. The summed E-state index contributed by atoms with van der Waals surface area (Å²) in [6, 6.07) is 12.4. The third-order valence-corrected chi connectivity index (χ3v) is 6.52. The molecule has 232 valence electrons. The van der Waals surface area contributed by atoms with Crippen LogP contribution in [0.1, 0.15) is 52.6 Å². The highest BCUT2D eigenvalue weighted by atomic mass is 19.1. The second-order valence-electron chi connectivity index (χ2n) is 10.6. The Kier molecular flexibility index (Phi) is 11.2. The van der Waals surface area contributed by atoms with Gasteiger partial charge in [-0.15, -0.1) is 0 Å². The van der Waals surface area contributed by atoms with Crippen molar-refractivity contribution in [3.8, 4) is 34.0 Å². The molecule has 0 unspecified atom stereocenters. The first-order chi connectivity index (χ1) is 20.9. The molecule has 0 aliphatic rings. The predicted octanol–water partition coefficient (Wildman–Crippen LogP) is 5.79. The number of rotatable bonds is 8. The van der Waals surface area contributed by atoms with Crippen LogP contribution < -0.4 is 9.47 Å². The summed E-state index contributed by atoms with van der Waals surface area (Å²) in [4.78, 5) is 32.2. The summed E-state index contributed by atoms with van der Waals surface area (Å²) in [6.45, 7) is 4.98. The van der Waals surface area contributed by atoms with Crippen LogP contribution in [0.25, 0.3) is 22.3 Å². The number of hydrogen-bond donors (Lipinski definition) is 2. The number of halogens is 2. The molecule has 0 fully saturated rings. The van der Waals surface area contributed by atoms with E-state index in [-0.39, 0.29) is 47.4 Å². The van der Waals surface area contributed by atoms with E-state index < -0.39 is 23.0 Å². The van der Waals surface area contributed by atoms with Crippen LogP contribution in [-0.4, -0.2) is 53.3 Å². The lowest BCUT2D eigenvalue weighted by Gasteiger charge is -2.20. The molecule has 9 nitrogen and oxygen atoms in total. The Balaban J connectivity index is 0.000000241. The maximum Gasteiger partial charge on any atom is 0.338 e. The van der Waals surface area contributed by atoms with Gasteiger partial charge < -0.3 is 24.4 Å². The topological polar surface area (TPSA) is 128 Å². The average molecular weight is 609 g/mol. The van der Waals surface area contributed by atoms with Crippen LogP contribution in [0.4, 0.5) is 8.78 Å². The third kappa shape index (κ3) is 7.80. The molecule has 11 heteroatoms. The first kappa shape index (κ1) is 33.8. The molecule has 0 amide bonds. The van der Waals surface area contributed by atoms with Gasteiger partial charge in [-0.25, -0.2) is 23.5 Å². The Morgan fingerprint density at radius 2 is 1.14 bits per heavy atom. The fraction of sp³-hybridized carbons (Fsp3) is 0.273. The fourth-order valence-corrected chi connectivity index (χ4v) is 4.20. The average Bonchev–Trinajstić information content (AvgIpc) is 3.03. The van der Waals surface area contributed by atoms with Gasteiger partial charge in [-0.3, -0.25) is 4.79 Å². The second kappa shape index (κ2) is 14.6. The molecule has 2 aromatic heterocycles. The van der Waals surface area contributed by atoms with E-state index in [1.807, 2.05) is 0 Å². The lowest BCUT2D eigenvalue weighted by atomic mass is 9.83. The van der Waals surface area contributed by atoms with Crippen LogP contribution >= 0.6 is 0 Å². The number of aliphatic hydroxyl groups is 2. The molecule has 0 aliphatic carbocycles. The lowest BCUT2D eigenvalue weighted by molar-refractivity contribution is 0.0601. The quantitative estimate of drug-likeness (QED) is 0.189. The summed E-state index contributed by atoms with van der Waals surface area (Å²) in [5, 5.41) is 18.5. The largest absolute Gasteiger partial charge is 0.481 e. The van der Waals surface area contributed by atoms with Gasteiger partial charge >= 0.3 is 5.97 Å². The number of carbonyl (C=O) groups is 2. The number of pyridine rings is 2. The standard InChI is InChI=1S/C18H20FNO3.C15H14FNO4/c1-18(2,3)17(22)14-7-11(10-21)5-6-12(14)13-8-16(23-4)20-9-15(13)19;1-20-14-6-11(13(16)7-17-14)10-4-3-9(8-18)5-12(10)15(19)21-2/h5-9,21H,10H2,1-4H3;3-7,18H,8H2,1-2H3. The minimum atomic E-state index is -0.629. The molecule has 0 saturated carbocycles. The number of hydrogen-bond acceptors (Lipinski definition) is 9. The van der Waals surface area contributed by atoms with E-state index in [0.717, 1.165) is 12.4 Å². The summed E-state index contributed by atoms with van der Waals surface area (Å²) in [5.74, 6) is -1.37. The number of methoxy groups -OCH3 is 3. The molecular weight excluding hydrogens is 574 g/mol. The number of ketones is 1. The van der Waals surface area contributed by atoms with E-state index in [9.17, 15) is 23.5 Å². The third-order valence-electron chi connectivity index (χ3n) is 6.52. The number of carbonyl (C=O) groups excluding carboxylic acids is 2. The number of esters is 1. The van der Waals surface area contributed by atoms with E-state index in [1.54, 1.807) is 51.1 Å². The highest BCUT2D eigenvalue weighted by Crippen LogP contribution is 2.33. The van der Waals surface area contributed by atoms with Crippen molar-refractivity contribution in [1.29, 1.82) is 0 Å². The predicted molar refractivity (Wildman–Crippen MR) is 159 cm³/mol. The Morgan fingerprint density at radius 1 is 0.705 bits per heavy atom. The van der Waals surface area contributed by atoms with Crippen molar-refractivity contribution in [2.45, 2.75) is 34.0 Å². The zero-order chi connectivity index (χ0) is 32.6. The highest BCUT2D eigenvalue weighted by Gasteiger charge is 2.27. The van der Waals surface area contributed by atoms with Crippen molar-refractivity contribution in [2.24, 2.45) is 5.41 Å². The molecule has 0 saturated heterocycles.